The Labute approximate surface area is 104 Å². The quantitative estimate of drug-likeness (QED) is 0.842. The van der Waals surface area contributed by atoms with Gasteiger partial charge < -0.3 is 4.90 Å². The number of hydrogen-bond acceptors (Lipinski definition) is 4. The van der Waals surface area contributed by atoms with Gasteiger partial charge in [-0.05, 0) is 18.1 Å². The highest BCUT2D eigenvalue weighted by molar-refractivity contribution is 6.99. The van der Waals surface area contributed by atoms with E-state index in [1.165, 1.54) is 11.1 Å². The highest BCUT2D eigenvalue weighted by Crippen LogP contribution is 2.23. The Morgan fingerprint density at radius 2 is 2.06 bits per heavy atom. The molecule has 0 aliphatic rings. The lowest BCUT2D eigenvalue weighted by Gasteiger charge is -2.17. The van der Waals surface area contributed by atoms with Crippen molar-refractivity contribution in [3.8, 4) is 0 Å². The van der Waals surface area contributed by atoms with Crippen molar-refractivity contribution in [1.82, 2.24) is 8.75 Å². The van der Waals surface area contributed by atoms with Crippen molar-refractivity contribution in [2.24, 2.45) is 0 Å². The van der Waals surface area contributed by atoms with Crippen LogP contribution in [0.4, 0.5) is 5.82 Å². The second-order valence-electron chi connectivity index (χ2n) is 3.66. The third-order valence-electron chi connectivity index (χ3n) is 2.46. The van der Waals surface area contributed by atoms with Crippen molar-refractivity contribution in [3.05, 3.63) is 40.5 Å². The number of rotatable bonds is 3. The summed E-state index contributed by atoms with van der Waals surface area (Å²) < 4.78 is 8.12. The Balaban J connectivity index is 2.17. The van der Waals surface area contributed by atoms with Crippen molar-refractivity contribution >= 4 is 29.1 Å². The largest absolute Gasteiger partial charge is 0.352 e. The summed E-state index contributed by atoms with van der Waals surface area (Å²) >= 11 is 7.07. The zero-order chi connectivity index (χ0) is 11.5. The number of anilines is 1. The second-order valence-corrected chi connectivity index (χ2v) is 4.55. The lowest BCUT2D eigenvalue weighted by atomic mass is 10.1. The summed E-state index contributed by atoms with van der Waals surface area (Å²) in [5, 5.41) is 0.473. The first-order valence-corrected chi connectivity index (χ1v) is 6.03. The van der Waals surface area contributed by atoms with E-state index in [2.05, 4.69) is 27.8 Å². The van der Waals surface area contributed by atoms with Crippen LogP contribution in [0.2, 0.25) is 5.15 Å². The number of aryl methyl sites for hydroxylation is 1. The molecular weight excluding hydrogens is 242 g/mol. The minimum absolute atomic E-state index is 0.473. The zero-order valence-corrected chi connectivity index (χ0v) is 10.7. The van der Waals surface area contributed by atoms with Crippen LogP contribution in [-0.2, 0) is 6.54 Å². The number of aromatic nitrogens is 2. The van der Waals surface area contributed by atoms with Crippen molar-refractivity contribution in [2.75, 3.05) is 11.9 Å². The van der Waals surface area contributed by atoms with Crippen LogP contribution in [0.15, 0.2) is 24.3 Å². The molecule has 0 aliphatic heterocycles. The van der Waals surface area contributed by atoms with E-state index in [-0.39, 0.29) is 0 Å². The van der Waals surface area contributed by atoms with Gasteiger partial charge in [0, 0.05) is 13.6 Å². The maximum Gasteiger partial charge on any atom is 0.187 e. The molecule has 0 saturated heterocycles. The van der Waals surface area contributed by atoms with E-state index in [4.69, 9.17) is 11.6 Å². The van der Waals surface area contributed by atoms with Gasteiger partial charge >= 0.3 is 0 Å². The molecule has 1 aromatic carbocycles. The van der Waals surface area contributed by atoms with Gasteiger partial charge in [0.2, 0.25) is 0 Å². The molecule has 2 aromatic rings. The average molecular weight is 254 g/mol. The van der Waals surface area contributed by atoms with E-state index in [1.807, 2.05) is 24.1 Å². The molecule has 0 unspecified atom stereocenters. The smallest absolute Gasteiger partial charge is 0.187 e. The highest BCUT2D eigenvalue weighted by Gasteiger charge is 2.11. The molecule has 5 heteroatoms. The average Bonchev–Trinajstić information content (AvgIpc) is 2.68. The number of nitrogens with zero attached hydrogens (tertiary/aromatic N) is 3. The molecule has 0 radical (unpaired) electrons. The number of halogens is 1. The van der Waals surface area contributed by atoms with E-state index >= 15 is 0 Å². The Bertz CT molecular complexity index is 484. The van der Waals surface area contributed by atoms with E-state index in [9.17, 15) is 0 Å². The molecule has 0 amide bonds. The molecule has 0 atom stereocenters. The summed E-state index contributed by atoms with van der Waals surface area (Å²) in [5.41, 5.74) is 2.54. The van der Waals surface area contributed by atoms with Crippen molar-refractivity contribution in [1.29, 1.82) is 0 Å². The van der Waals surface area contributed by atoms with E-state index in [0.717, 1.165) is 24.1 Å². The first-order chi connectivity index (χ1) is 7.68. The molecule has 0 saturated carbocycles. The normalized spacial score (nSPS) is 10.4. The van der Waals surface area contributed by atoms with Crippen LogP contribution in [0.3, 0.4) is 0 Å². The van der Waals surface area contributed by atoms with Gasteiger partial charge in [0.05, 0.1) is 11.7 Å². The summed E-state index contributed by atoms with van der Waals surface area (Å²) in [6, 6.07) is 8.29. The number of benzene rings is 1. The van der Waals surface area contributed by atoms with Crippen LogP contribution in [0.25, 0.3) is 0 Å². The van der Waals surface area contributed by atoms with Crippen molar-refractivity contribution < 1.29 is 0 Å². The van der Waals surface area contributed by atoms with Gasteiger partial charge in [0.1, 0.15) is 0 Å². The van der Waals surface area contributed by atoms with Crippen LogP contribution in [0, 0.1) is 6.92 Å². The van der Waals surface area contributed by atoms with Crippen LogP contribution in [-0.4, -0.2) is 15.8 Å². The standard InChI is InChI=1S/C11H12ClN3S/c1-8-5-3-4-6-9(8)7-15(2)11-10(12)13-16-14-11/h3-6H,7H2,1-2H3. The molecule has 0 N–H and O–H groups in total. The van der Waals surface area contributed by atoms with Crippen molar-refractivity contribution in [3.63, 3.8) is 0 Å². The monoisotopic (exact) mass is 253 g/mol. The van der Waals surface area contributed by atoms with Gasteiger partial charge in [-0.15, -0.1) is 0 Å². The SMILES string of the molecule is Cc1ccccc1CN(C)c1nsnc1Cl. The molecule has 84 valence electrons. The summed E-state index contributed by atoms with van der Waals surface area (Å²) in [4.78, 5) is 2.01. The topological polar surface area (TPSA) is 29.0 Å². The summed E-state index contributed by atoms with van der Waals surface area (Å²) in [6.45, 7) is 2.89. The Kier molecular flexibility index (Phi) is 3.41. The predicted molar refractivity (Wildman–Crippen MR) is 68.2 cm³/mol. The van der Waals surface area contributed by atoms with Crippen molar-refractivity contribution in [2.45, 2.75) is 13.5 Å². The number of hydrogen-bond donors (Lipinski definition) is 0. The molecule has 0 spiro atoms. The Morgan fingerprint density at radius 3 is 2.69 bits per heavy atom. The van der Waals surface area contributed by atoms with Gasteiger partial charge in [-0.25, -0.2) is 0 Å². The Morgan fingerprint density at radius 1 is 1.31 bits per heavy atom. The fourth-order valence-corrected chi connectivity index (χ4v) is 2.35. The second kappa shape index (κ2) is 4.80. The maximum atomic E-state index is 5.94. The first-order valence-electron chi connectivity index (χ1n) is 4.92. The van der Waals surface area contributed by atoms with E-state index in [1.54, 1.807) is 0 Å². The molecular formula is C11H12ClN3S. The van der Waals surface area contributed by atoms with E-state index in [0.29, 0.717) is 5.15 Å². The van der Waals surface area contributed by atoms with Gasteiger partial charge in [-0.3, -0.25) is 0 Å². The fourth-order valence-electron chi connectivity index (χ4n) is 1.52. The predicted octanol–water partition coefficient (Wildman–Crippen LogP) is 3.14. The maximum absolute atomic E-state index is 5.94. The molecule has 1 heterocycles. The zero-order valence-electron chi connectivity index (χ0n) is 9.14. The minimum atomic E-state index is 0.473. The van der Waals surface area contributed by atoms with Gasteiger partial charge in [-0.2, -0.15) is 8.75 Å². The molecule has 2 rings (SSSR count). The van der Waals surface area contributed by atoms with Gasteiger partial charge in [0.15, 0.2) is 11.0 Å². The first kappa shape index (κ1) is 11.4. The molecule has 0 aliphatic carbocycles. The molecule has 0 bridgehead atoms. The van der Waals surface area contributed by atoms with E-state index < -0.39 is 0 Å². The highest BCUT2D eigenvalue weighted by atomic mass is 35.5. The minimum Gasteiger partial charge on any atom is -0.352 e. The van der Waals surface area contributed by atoms with Crippen LogP contribution < -0.4 is 4.90 Å². The van der Waals surface area contributed by atoms with Gasteiger partial charge in [-0.1, -0.05) is 35.9 Å². The summed E-state index contributed by atoms with van der Waals surface area (Å²) in [5.74, 6) is 0.745. The van der Waals surface area contributed by atoms with Crippen LogP contribution >= 0.6 is 23.3 Å². The summed E-state index contributed by atoms with van der Waals surface area (Å²) in [7, 11) is 1.97. The lowest BCUT2D eigenvalue weighted by molar-refractivity contribution is 0.900. The molecule has 3 nitrogen and oxygen atoms in total. The lowest BCUT2D eigenvalue weighted by Crippen LogP contribution is -2.17. The van der Waals surface area contributed by atoms with Gasteiger partial charge in [0.25, 0.3) is 0 Å². The molecule has 16 heavy (non-hydrogen) atoms. The third-order valence-corrected chi connectivity index (χ3v) is 3.34. The Hall–Kier alpha value is -1.13. The van der Waals surface area contributed by atoms with Crippen LogP contribution in [0.5, 0.6) is 0 Å². The molecule has 0 fully saturated rings. The third kappa shape index (κ3) is 2.33. The fraction of sp³-hybridized carbons (Fsp3) is 0.273. The molecule has 1 aromatic heterocycles. The van der Waals surface area contributed by atoms with Crippen LogP contribution in [0.1, 0.15) is 11.1 Å². The summed E-state index contributed by atoms with van der Waals surface area (Å²) in [6.07, 6.45) is 0.